The molecule has 26 heavy (non-hydrogen) atoms. The van der Waals surface area contributed by atoms with Crippen LogP contribution in [0, 0.1) is 5.92 Å². The fourth-order valence-corrected chi connectivity index (χ4v) is 4.48. The van der Waals surface area contributed by atoms with E-state index in [1.165, 1.54) is 17.4 Å². The summed E-state index contributed by atoms with van der Waals surface area (Å²) in [4.78, 5) is 14.2. The van der Waals surface area contributed by atoms with Crippen LogP contribution in [0.2, 0.25) is 5.02 Å². The summed E-state index contributed by atoms with van der Waals surface area (Å²) in [6.07, 6.45) is -3.27. The average Bonchev–Trinajstić information content (AvgIpc) is 3.10. The van der Waals surface area contributed by atoms with Gasteiger partial charge in [-0.3, -0.25) is 9.69 Å². The maximum Gasteiger partial charge on any atom is 0.417 e. The second-order valence-corrected chi connectivity index (χ2v) is 7.71. The molecule has 0 bridgehead atoms. The molecule has 1 aromatic carbocycles. The molecule has 1 N–H and O–H groups in total. The standard InChI is InChI=1S/C18H17ClF3NO2S/c19-14-6-5-11(9-13(14)18(20,21)22)16(15-4-2-8-26-15)23-7-1-3-12(10-23)17(24)25/h2,4-6,8-9,12,16H,1,3,7,10H2,(H,24,25). The van der Waals surface area contributed by atoms with Crippen LogP contribution in [0.5, 0.6) is 0 Å². The third-order valence-corrected chi connectivity index (χ3v) is 5.85. The van der Waals surface area contributed by atoms with E-state index in [0.29, 0.717) is 31.5 Å². The number of thiophene rings is 1. The van der Waals surface area contributed by atoms with Crippen LogP contribution in [0.15, 0.2) is 35.7 Å². The summed E-state index contributed by atoms with van der Waals surface area (Å²) in [7, 11) is 0. The van der Waals surface area contributed by atoms with Crippen molar-refractivity contribution >= 4 is 28.9 Å². The van der Waals surface area contributed by atoms with E-state index in [1.807, 2.05) is 22.4 Å². The molecule has 0 aliphatic carbocycles. The lowest BCUT2D eigenvalue weighted by molar-refractivity contribution is -0.143. The van der Waals surface area contributed by atoms with Crippen molar-refractivity contribution in [3.63, 3.8) is 0 Å². The molecule has 1 aliphatic heterocycles. The minimum Gasteiger partial charge on any atom is -0.481 e. The maximum atomic E-state index is 13.3. The van der Waals surface area contributed by atoms with Gasteiger partial charge in [-0.15, -0.1) is 11.3 Å². The van der Waals surface area contributed by atoms with Crippen molar-refractivity contribution in [2.75, 3.05) is 13.1 Å². The van der Waals surface area contributed by atoms with Crippen LogP contribution in [0.1, 0.15) is 34.9 Å². The lowest BCUT2D eigenvalue weighted by atomic mass is 9.93. The van der Waals surface area contributed by atoms with E-state index in [1.54, 1.807) is 6.07 Å². The van der Waals surface area contributed by atoms with Crippen LogP contribution in [-0.2, 0) is 11.0 Å². The van der Waals surface area contributed by atoms with Crippen molar-refractivity contribution < 1.29 is 23.1 Å². The lowest BCUT2D eigenvalue weighted by Crippen LogP contribution is -2.41. The predicted octanol–water partition coefficient (Wildman–Crippen LogP) is 5.31. The smallest absolute Gasteiger partial charge is 0.417 e. The number of aliphatic carboxylic acids is 1. The van der Waals surface area contributed by atoms with Crippen molar-refractivity contribution in [1.29, 1.82) is 0 Å². The van der Waals surface area contributed by atoms with Gasteiger partial charge in [0.2, 0.25) is 0 Å². The van der Waals surface area contributed by atoms with Gasteiger partial charge in [0, 0.05) is 11.4 Å². The Balaban J connectivity index is 2.02. The largest absolute Gasteiger partial charge is 0.481 e. The number of likely N-dealkylation sites (tertiary alicyclic amines) is 1. The molecule has 2 atom stereocenters. The van der Waals surface area contributed by atoms with Gasteiger partial charge >= 0.3 is 12.1 Å². The predicted molar refractivity (Wildman–Crippen MR) is 94.5 cm³/mol. The molecule has 0 amide bonds. The molecule has 2 unspecified atom stereocenters. The Morgan fingerprint density at radius 2 is 2.12 bits per heavy atom. The molecule has 2 heterocycles. The quantitative estimate of drug-likeness (QED) is 0.752. The summed E-state index contributed by atoms with van der Waals surface area (Å²) < 4.78 is 39.8. The number of piperidine rings is 1. The number of carboxylic acids is 1. The van der Waals surface area contributed by atoms with Crippen molar-refractivity contribution in [3.05, 3.63) is 56.7 Å². The third-order valence-electron chi connectivity index (χ3n) is 4.59. The first-order valence-corrected chi connectivity index (χ1v) is 9.40. The van der Waals surface area contributed by atoms with E-state index in [0.717, 1.165) is 10.9 Å². The lowest BCUT2D eigenvalue weighted by Gasteiger charge is -2.37. The summed E-state index contributed by atoms with van der Waals surface area (Å²) in [6, 6.07) is 7.21. The van der Waals surface area contributed by atoms with Crippen LogP contribution >= 0.6 is 22.9 Å². The van der Waals surface area contributed by atoms with Gasteiger partial charge in [0.15, 0.2) is 0 Å². The van der Waals surface area contributed by atoms with Gasteiger partial charge in [-0.25, -0.2) is 0 Å². The van der Waals surface area contributed by atoms with E-state index in [-0.39, 0.29) is 5.02 Å². The molecule has 3 nitrogen and oxygen atoms in total. The number of hydrogen-bond acceptors (Lipinski definition) is 3. The van der Waals surface area contributed by atoms with Gasteiger partial charge in [-0.05, 0) is 48.5 Å². The van der Waals surface area contributed by atoms with Crippen molar-refractivity contribution in [2.45, 2.75) is 25.1 Å². The van der Waals surface area contributed by atoms with Gasteiger partial charge in [-0.1, -0.05) is 23.7 Å². The van der Waals surface area contributed by atoms with Crippen LogP contribution in [-0.4, -0.2) is 29.1 Å². The van der Waals surface area contributed by atoms with Gasteiger partial charge in [0.05, 0.1) is 22.5 Å². The van der Waals surface area contributed by atoms with Crippen LogP contribution in [0.25, 0.3) is 0 Å². The number of rotatable bonds is 4. The van der Waals surface area contributed by atoms with Crippen molar-refractivity contribution in [2.24, 2.45) is 5.92 Å². The Bertz CT molecular complexity index is 779. The van der Waals surface area contributed by atoms with Gasteiger partial charge in [0.1, 0.15) is 0 Å². The van der Waals surface area contributed by atoms with Gasteiger partial charge < -0.3 is 5.11 Å². The zero-order valence-corrected chi connectivity index (χ0v) is 15.2. The summed E-state index contributed by atoms with van der Waals surface area (Å²) in [6.45, 7) is 0.943. The summed E-state index contributed by atoms with van der Waals surface area (Å²) in [5, 5.41) is 10.9. The highest BCUT2D eigenvalue weighted by Gasteiger charge is 2.36. The van der Waals surface area contributed by atoms with E-state index >= 15 is 0 Å². The molecule has 2 aromatic rings. The van der Waals surface area contributed by atoms with E-state index in [9.17, 15) is 23.1 Å². The molecule has 0 saturated carbocycles. The average molecular weight is 404 g/mol. The normalized spacial score (nSPS) is 20.1. The minimum absolute atomic E-state index is 0.307. The molecule has 8 heteroatoms. The molecule has 1 fully saturated rings. The first kappa shape index (κ1) is 19.2. The van der Waals surface area contributed by atoms with Crippen molar-refractivity contribution in [3.8, 4) is 0 Å². The summed E-state index contributed by atoms with van der Waals surface area (Å²) >= 11 is 7.20. The van der Waals surface area contributed by atoms with Crippen LogP contribution < -0.4 is 0 Å². The second-order valence-electron chi connectivity index (χ2n) is 6.33. The Morgan fingerprint density at radius 3 is 2.73 bits per heavy atom. The second kappa shape index (κ2) is 7.58. The van der Waals surface area contributed by atoms with E-state index < -0.39 is 29.7 Å². The minimum atomic E-state index is -4.54. The van der Waals surface area contributed by atoms with Gasteiger partial charge in [0.25, 0.3) is 0 Å². The zero-order chi connectivity index (χ0) is 18.9. The maximum absolute atomic E-state index is 13.3. The number of hydrogen-bond donors (Lipinski definition) is 1. The molecule has 140 valence electrons. The van der Waals surface area contributed by atoms with Gasteiger partial charge in [-0.2, -0.15) is 13.2 Å². The highest BCUT2D eigenvalue weighted by molar-refractivity contribution is 7.10. The first-order chi connectivity index (χ1) is 12.3. The molecular weight excluding hydrogens is 387 g/mol. The van der Waals surface area contributed by atoms with E-state index in [2.05, 4.69) is 0 Å². The number of carbonyl (C=O) groups is 1. The fourth-order valence-electron chi connectivity index (χ4n) is 3.37. The number of alkyl halides is 3. The fraction of sp³-hybridized carbons (Fsp3) is 0.389. The SMILES string of the molecule is O=C(O)C1CCCN(C(c2ccc(Cl)c(C(F)(F)F)c2)c2cccs2)C1. The van der Waals surface area contributed by atoms with E-state index in [4.69, 9.17) is 11.6 Å². The molecule has 1 aliphatic rings. The Kier molecular flexibility index (Phi) is 5.60. The Morgan fingerprint density at radius 1 is 1.35 bits per heavy atom. The van der Waals surface area contributed by atoms with Crippen LogP contribution in [0.3, 0.4) is 0 Å². The Hall–Kier alpha value is -1.57. The molecule has 1 aromatic heterocycles. The summed E-state index contributed by atoms with van der Waals surface area (Å²) in [5.41, 5.74) is -0.403. The summed E-state index contributed by atoms with van der Waals surface area (Å²) in [5.74, 6) is -1.38. The number of halogens is 4. The molecule has 1 saturated heterocycles. The topological polar surface area (TPSA) is 40.5 Å². The highest BCUT2D eigenvalue weighted by Crippen LogP contribution is 2.40. The number of carboxylic acid groups (broad SMARTS) is 1. The molecular formula is C18H17ClF3NO2S. The molecule has 0 spiro atoms. The van der Waals surface area contributed by atoms with Crippen molar-refractivity contribution in [1.82, 2.24) is 4.90 Å². The monoisotopic (exact) mass is 403 g/mol. The number of nitrogens with zero attached hydrogens (tertiary/aromatic N) is 1. The highest BCUT2D eigenvalue weighted by atomic mass is 35.5. The van der Waals surface area contributed by atoms with Crippen LogP contribution in [0.4, 0.5) is 13.2 Å². The number of benzene rings is 1. The third kappa shape index (κ3) is 4.05. The first-order valence-electron chi connectivity index (χ1n) is 8.14. The zero-order valence-electron chi connectivity index (χ0n) is 13.7. The molecule has 0 radical (unpaired) electrons. The molecule has 3 rings (SSSR count). The Labute approximate surface area is 158 Å².